The Labute approximate surface area is 159 Å². The van der Waals surface area contributed by atoms with Crippen LogP contribution < -0.4 is 5.30 Å². The van der Waals surface area contributed by atoms with Crippen LogP contribution in [0.3, 0.4) is 0 Å². The third-order valence-electron chi connectivity index (χ3n) is 5.85. The number of esters is 1. The van der Waals surface area contributed by atoms with Crippen molar-refractivity contribution in [2.45, 2.75) is 72.1 Å². The molecule has 0 heterocycles. The molecule has 0 radical (unpaired) electrons. The van der Waals surface area contributed by atoms with Crippen LogP contribution in [0.1, 0.15) is 60.8 Å². The van der Waals surface area contributed by atoms with E-state index in [4.69, 9.17) is 4.74 Å². The lowest BCUT2D eigenvalue weighted by atomic mass is 9.75. The molecule has 0 aromatic heterocycles. The fourth-order valence-corrected chi connectivity index (χ4v) is 6.55. The van der Waals surface area contributed by atoms with E-state index in [1.165, 1.54) is 6.42 Å². The van der Waals surface area contributed by atoms with Gasteiger partial charge in [-0.3, -0.25) is 4.79 Å². The first-order chi connectivity index (χ1) is 12.0. The van der Waals surface area contributed by atoms with Crippen molar-refractivity contribution in [2.24, 2.45) is 17.8 Å². The molecule has 0 saturated heterocycles. The molecule has 1 aliphatic rings. The van der Waals surface area contributed by atoms with Crippen LogP contribution in [0.25, 0.3) is 0 Å². The van der Waals surface area contributed by atoms with Crippen LogP contribution in [-0.4, -0.2) is 23.4 Å². The topological polar surface area (TPSA) is 43.4 Å². The maximum atomic E-state index is 13.9. The van der Waals surface area contributed by atoms with Gasteiger partial charge in [0.25, 0.3) is 0 Å². The summed E-state index contributed by atoms with van der Waals surface area (Å²) in [5.41, 5.74) is 0. The summed E-state index contributed by atoms with van der Waals surface area (Å²) in [7, 11) is -2.91. The highest BCUT2D eigenvalue weighted by Gasteiger charge is 2.42. The molecule has 3 nitrogen and oxygen atoms in total. The number of carbonyl (C=O) groups is 1. The molecule has 4 heteroatoms. The summed E-state index contributed by atoms with van der Waals surface area (Å²) in [5, 5.41) is 0.284. The van der Waals surface area contributed by atoms with Gasteiger partial charge in [-0.2, -0.15) is 0 Å². The minimum atomic E-state index is -2.91. The number of rotatable bonds is 5. The number of benzene rings is 1. The van der Waals surface area contributed by atoms with Crippen LogP contribution in [0.4, 0.5) is 0 Å². The molecule has 4 atom stereocenters. The van der Waals surface area contributed by atoms with E-state index in [9.17, 15) is 9.36 Å². The minimum absolute atomic E-state index is 0.0176. The Hall–Kier alpha value is -1.08. The van der Waals surface area contributed by atoms with Crippen LogP contribution in [0, 0.1) is 17.8 Å². The molecule has 146 valence electrons. The lowest BCUT2D eigenvalue weighted by Gasteiger charge is -2.37. The minimum Gasteiger partial charge on any atom is -0.462 e. The molecule has 1 saturated carbocycles. The van der Waals surface area contributed by atoms with Crippen molar-refractivity contribution in [3.05, 3.63) is 30.3 Å². The van der Waals surface area contributed by atoms with Crippen molar-refractivity contribution in [1.82, 2.24) is 0 Å². The van der Waals surface area contributed by atoms with E-state index in [1.54, 1.807) is 0 Å². The van der Waals surface area contributed by atoms with Crippen molar-refractivity contribution < 1.29 is 14.1 Å². The Bertz CT molecular complexity index is 645. The van der Waals surface area contributed by atoms with Gasteiger partial charge in [-0.1, -0.05) is 78.3 Å². The zero-order valence-corrected chi connectivity index (χ0v) is 18.1. The summed E-state index contributed by atoms with van der Waals surface area (Å²) in [5.74, 6) is 1.16. The molecule has 0 unspecified atom stereocenters. The number of hydrogen-bond donors (Lipinski definition) is 0. The van der Waals surface area contributed by atoms with Gasteiger partial charge in [-0.15, -0.1) is 0 Å². The van der Waals surface area contributed by atoms with Gasteiger partial charge in [-0.25, -0.2) is 0 Å². The molecule has 0 N–H and O–H groups in total. The summed E-state index contributed by atoms with van der Waals surface area (Å²) < 4.78 is 19.8. The van der Waals surface area contributed by atoms with E-state index in [-0.39, 0.29) is 18.2 Å². The van der Waals surface area contributed by atoms with E-state index >= 15 is 0 Å². The Kier molecular flexibility index (Phi) is 6.77. The van der Waals surface area contributed by atoms with Crippen LogP contribution in [0.5, 0.6) is 0 Å². The maximum Gasteiger partial charge on any atom is 0.313 e. The van der Waals surface area contributed by atoms with Crippen molar-refractivity contribution in [3.8, 4) is 0 Å². The SMILES string of the molecule is CC(C)[C@@H]1CC[C@@H](C)C[C@H]1OC(=O)C[P@](=O)(c1ccccc1)C(C)(C)C. The van der Waals surface area contributed by atoms with Gasteiger partial charge >= 0.3 is 5.97 Å². The molecule has 0 amide bonds. The zero-order chi connectivity index (χ0) is 19.5. The Morgan fingerprint density at radius 3 is 2.35 bits per heavy atom. The molecule has 2 rings (SSSR count). The molecule has 0 spiro atoms. The molecule has 1 aliphatic carbocycles. The Morgan fingerprint density at radius 1 is 1.19 bits per heavy atom. The lowest BCUT2D eigenvalue weighted by Crippen LogP contribution is -2.37. The average Bonchev–Trinajstić information content (AvgIpc) is 2.54. The summed E-state index contributed by atoms with van der Waals surface area (Å²) in [6.07, 6.45) is 3.15. The fourth-order valence-electron chi connectivity index (χ4n) is 4.02. The van der Waals surface area contributed by atoms with E-state index in [1.807, 2.05) is 51.1 Å². The second kappa shape index (κ2) is 8.30. The highest BCUT2D eigenvalue weighted by atomic mass is 31.2. The standard InChI is InChI=1S/C22H35O3P/c1-16(2)19-13-12-17(3)14-20(19)25-21(23)15-26(24,22(4,5)6)18-10-8-7-9-11-18/h7-11,16-17,19-20H,12-15H2,1-6H3/t17-,19+,20-,26+/m1/s1. The summed E-state index contributed by atoms with van der Waals surface area (Å²) in [6.45, 7) is 12.5. The van der Waals surface area contributed by atoms with Crippen LogP contribution in [0.15, 0.2) is 30.3 Å². The Morgan fingerprint density at radius 2 is 1.81 bits per heavy atom. The van der Waals surface area contributed by atoms with Crippen molar-refractivity contribution in [2.75, 3.05) is 6.16 Å². The number of hydrogen-bond acceptors (Lipinski definition) is 3. The lowest BCUT2D eigenvalue weighted by molar-refractivity contribution is -0.152. The molecule has 0 aliphatic heterocycles. The molecule has 1 aromatic carbocycles. The highest BCUT2D eigenvalue weighted by Crippen LogP contribution is 2.56. The quantitative estimate of drug-likeness (QED) is 0.503. The van der Waals surface area contributed by atoms with Crippen molar-refractivity contribution >= 4 is 18.4 Å². The normalized spacial score (nSPS) is 26.3. The summed E-state index contributed by atoms with van der Waals surface area (Å²) in [4.78, 5) is 12.8. The third kappa shape index (κ3) is 4.80. The highest BCUT2D eigenvalue weighted by molar-refractivity contribution is 7.73. The Balaban J connectivity index is 2.18. The van der Waals surface area contributed by atoms with Crippen LogP contribution in [0.2, 0.25) is 0 Å². The summed E-state index contributed by atoms with van der Waals surface area (Å²) >= 11 is 0. The van der Waals surface area contributed by atoms with E-state index in [0.29, 0.717) is 17.8 Å². The smallest absolute Gasteiger partial charge is 0.313 e. The van der Waals surface area contributed by atoms with Gasteiger partial charge in [0.15, 0.2) is 0 Å². The van der Waals surface area contributed by atoms with Gasteiger partial charge in [0, 0.05) is 10.5 Å². The molecule has 1 aromatic rings. The van der Waals surface area contributed by atoms with Gasteiger partial charge in [-0.05, 0) is 30.6 Å². The molecule has 26 heavy (non-hydrogen) atoms. The number of ether oxygens (including phenoxy) is 1. The predicted molar refractivity (Wildman–Crippen MR) is 110 cm³/mol. The molecular formula is C22H35O3P. The van der Waals surface area contributed by atoms with E-state index < -0.39 is 12.3 Å². The largest absolute Gasteiger partial charge is 0.462 e. The maximum absolute atomic E-state index is 13.9. The first kappa shape index (κ1) is 21.2. The third-order valence-corrected chi connectivity index (χ3v) is 9.86. The zero-order valence-electron chi connectivity index (χ0n) is 17.2. The van der Waals surface area contributed by atoms with Gasteiger partial charge in [0.2, 0.25) is 0 Å². The average molecular weight is 378 g/mol. The second-order valence-corrected chi connectivity index (χ2v) is 12.9. The van der Waals surface area contributed by atoms with Gasteiger partial charge in [0.1, 0.15) is 19.4 Å². The molecule has 1 fully saturated rings. The van der Waals surface area contributed by atoms with Crippen LogP contribution in [-0.2, 0) is 14.1 Å². The first-order valence-electron chi connectivity index (χ1n) is 9.89. The number of carbonyl (C=O) groups excluding carboxylic acids is 1. The molecular weight excluding hydrogens is 343 g/mol. The van der Waals surface area contributed by atoms with Gasteiger partial charge in [0.05, 0.1) is 0 Å². The monoisotopic (exact) mass is 378 g/mol. The van der Waals surface area contributed by atoms with E-state index in [2.05, 4.69) is 20.8 Å². The van der Waals surface area contributed by atoms with Crippen LogP contribution >= 0.6 is 7.14 Å². The predicted octanol–water partition coefficient (Wildman–Crippen LogP) is 5.48. The first-order valence-corrected chi connectivity index (χ1v) is 11.8. The van der Waals surface area contributed by atoms with Gasteiger partial charge < -0.3 is 9.30 Å². The summed E-state index contributed by atoms with van der Waals surface area (Å²) in [6, 6.07) is 9.43. The fraction of sp³-hybridized carbons (Fsp3) is 0.682. The molecule has 0 bridgehead atoms. The van der Waals surface area contributed by atoms with Crippen molar-refractivity contribution in [1.29, 1.82) is 0 Å². The second-order valence-electron chi connectivity index (χ2n) is 9.26. The van der Waals surface area contributed by atoms with E-state index in [0.717, 1.165) is 18.1 Å². The van der Waals surface area contributed by atoms with Crippen molar-refractivity contribution in [3.63, 3.8) is 0 Å².